The number of nitrogens with zero attached hydrogens (tertiary/aromatic N) is 2. The minimum Gasteiger partial charge on any atom is -0.354 e. The van der Waals surface area contributed by atoms with E-state index < -0.39 is 34.3 Å². The van der Waals surface area contributed by atoms with Crippen LogP contribution in [-0.2, 0) is 26.2 Å². The summed E-state index contributed by atoms with van der Waals surface area (Å²) in [6.45, 7) is 5.47. The maximum Gasteiger partial charge on any atom is 0.264 e. The van der Waals surface area contributed by atoms with Crippen LogP contribution in [0.4, 0.5) is 10.1 Å². The summed E-state index contributed by atoms with van der Waals surface area (Å²) < 4.78 is 42.7. The first-order chi connectivity index (χ1) is 18.0. The molecule has 0 unspecified atom stereocenters. The van der Waals surface area contributed by atoms with Gasteiger partial charge in [-0.2, -0.15) is 0 Å². The van der Waals surface area contributed by atoms with Gasteiger partial charge in [-0.25, -0.2) is 12.8 Å². The number of halogens is 2. The number of rotatable bonds is 11. The average Bonchev–Trinajstić information content (AvgIpc) is 2.89. The summed E-state index contributed by atoms with van der Waals surface area (Å²) >= 11 is 3.42. The summed E-state index contributed by atoms with van der Waals surface area (Å²) in [4.78, 5) is 28.1. The van der Waals surface area contributed by atoms with Crippen LogP contribution in [0.3, 0.4) is 0 Å². The number of sulfonamides is 1. The molecule has 38 heavy (non-hydrogen) atoms. The standard InChI is InChI=1S/C28H31BrFN3O4S/c1-20(2)17-31-28(35)21(3)32(18-22-8-7-9-23(29)16-22)27(34)19-33(25-14-12-24(30)13-15-25)38(36,37)26-10-5-4-6-11-26/h4-16,20-21H,17-19H2,1-3H3,(H,31,35)/t21-/m0/s1. The molecular weight excluding hydrogens is 573 g/mol. The number of carbonyl (C=O) groups is 2. The summed E-state index contributed by atoms with van der Waals surface area (Å²) in [5, 5.41) is 2.85. The molecule has 0 saturated heterocycles. The Balaban J connectivity index is 1.99. The molecule has 2 amide bonds. The predicted octanol–water partition coefficient (Wildman–Crippen LogP) is 4.97. The summed E-state index contributed by atoms with van der Waals surface area (Å²) in [5.74, 6) is -1.25. The van der Waals surface area contributed by atoms with Crippen LogP contribution in [0.5, 0.6) is 0 Å². The van der Waals surface area contributed by atoms with Gasteiger partial charge >= 0.3 is 0 Å². The lowest BCUT2D eigenvalue weighted by Crippen LogP contribution is -2.51. The van der Waals surface area contributed by atoms with Gasteiger partial charge in [0.1, 0.15) is 18.4 Å². The van der Waals surface area contributed by atoms with E-state index in [1.165, 1.54) is 29.2 Å². The Labute approximate surface area is 231 Å². The summed E-state index contributed by atoms with van der Waals surface area (Å²) in [7, 11) is -4.19. The van der Waals surface area contributed by atoms with Crippen molar-refractivity contribution in [3.05, 3.63) is 94.7 Å². The van der Waals surface area contributed by atoms with E-state index in [0.717, 1.165) is 26.5 Å². The number of nitrogens with one attached hydrogen (secondary N) is 1. The average molecular weight is 605 g/mol. The first-order valence-corrected chi connectivity index (χ1v) is 14.4. The van der Waals surface area contributed by atoms with Gasteiger partial charge in [-0.1, -0.05) is 60.1 Å². The Morgan fingerprint density at radius 1 is 0.947 bits per heavy atom. The molecule has 0 aromatic heterocycles. The molecule has 0 aliphatic carbocycles. The second-order valence-corrected chi connectivity index (χ2v) is 12.0. The van der Waals surface area contributed by atoms with Crippen LogP contribution in [0.15, 0.2) is 88.2 Å². The fourth-order valence-corrected chi connectivity index (χ4v) is 5.60. The Hall–Kier alpha value is -3.24. The third-order valence-electron chi connectivity index (χ3n) is 5.82. The van der Waals surface area contributed by atoms with Gasteiger partial charge in [-0.15, -0.1) is 0 Å². The van der Waals surface area contributed by atoms with Gasteiger partial charge in [-0.05, 0) is 66.9 Å². The van der Waals surface area contributed by atoms with Crippen LogP contribution in [0.1, 0.15) is 26.3 Å². The first-order valence-electron chi connectivity index (χ1n) is 12.1. The van der Waals surface area contributed by atoms with Crippen molar-refractivity contribution < 1.29 is 22.4 Å². The maximum atomic E-state index is 13.8. The van der Waals surface area contributed by atoms with Crippen molar-refractivity contribution in [2.24, 2.45) is 5.92 Å². The minimum absolute atomic E-state index is 0.0154. The summed E-state index contributed by atoms with van der Waals surface area (Å²) in [6.07, 6.45) is 0. The molecule has 0 fully saturated rings. The molecule has 7 nitrogen and oxygen atoms in total. The summed E-state index contributed by atoms with van der Waals surface area (Å²) in [6, 6.07) is 19.0. The van der Waals surface area contributed by atoms with E-state index in [4.69, 9.17) is 0 Å². The second-order valence-electron chi connectivity index (χ2n) is 9.27. The van der Waals surface area contributed by atoms with Gasteiger partial charge in [0.05, 0.1) is 10.6 Å². The lowest BCUT2D eigenvalue weighted by molar-refractivity contribution is -0.139. The normalized spacial score (nSPS) is 12.2. The Kier molecular flexibility index (Phi) is 10.0. The molecule has 0 radical (unpaired) electrons. The molecule has 0 heterocycles. The second kappa shape index (κ2) is 13.0. The van der Waals surface area contributed by atoms with Gasteiger partial charge in [0, 0.05) is 17.6 Å². The van der Waals surface area contributed by atoms with Crippen LogP contribution < -0.4 is 9.62 Å². The Morgan fingerprint density at radius 2 is 1.61 bits per heavy atom. The Morgan fingerprint density at radius 3 is 2.21 bits per heavy atom. The van der Waals surface area contributed by atoms with E-state index in [2.05, 4.69) is 21.2 Å². The zero-order valence-corrected chi connectivity index (χ0v) is 23.9. The van der Waals surface area contributed by atoms with Crippen LogP contribution in [0.2, 0.25) is 0 Å². The SMILES string of the molecule is CC(C)CNC(=O)[C@H](C)N(Cc1cccc(Br)c1)C(=O)CN(c1ccc(F)cc1)S(=O)(=O)c1ccccc1. The van der Waals surface area contributed by atoms with Crippen molar-refractivity contribution >= 4 is 43.5 Å². The first kappa shape index (κ1) is 29.3. The fraction of sp³-hybridized carbons (Fsp3) is 0.286. The van der Waals surface area contributed by atoms with Gasteiger partial charge in [0.2, 0.25) is 11.8 Å². The molecule has 0 aliphatic rings. The number of benzene rings is 3. The maximum absolute atomic E-state index is 13.8. The monoisotopic (exact) mass is 603 g/mol. The van der Waals surface area contributed by atoms with Gasteiger partial charge in [-0.3, -0.25) is 13.9 Å². The third-order valence-corrected chi connectivity index (χ3v) is 8.10. The highest BCUT2D eigenvalue weighted by Crippen LogP contribution is 2.25. The zero-order chi connectivity index (χ0) is 27.9. The van der Waals surface area contributed by atoms with Crippen LogP contribution in [-0.4, -0.2) is 44.3 Å². The van der Waals surface area contributed by atoms with Crippen molar-refractivity contribution in [2.45, 2.75) is 38.3 Å². The lowest BCUT2D eigenvalue weighted by atomic mass is 10.1. The number of carbonyl (C=O) groups excluding carboxylic acids is 2. The van der Waals surface area contributed by atoms with Gasteiger partial charge in [0.15, 0.2) is 0 Å². The molecule has 0 aliphatic heterocycles. The van der Waals surface area contributed by atoms with Crippen LogP contribution in [0.25, 0.3) is 0 Å². The highest BCUT2D eigenvalue weighted by atomic mass is 79.9. The minimum atomic E-state index is -4.19. The molecule has 0 bridgehead atoms. The van der Waals surface area contributed by atoms with E-state index in [1.54, 1.807) is 25.1 Å². The summed E-state index contributed by atoms with van der Waals surface area (Å²) in [5.41, 5.74) is 0.887. The number of anilines is 1. The van der Waals surface area contributed by atoms with Crippen LogP contribution in [0, 0.1) is 11.7 Å². The van der Waals surface area contributed by atoms with E-state index in [0.29, 0.717) is 6.54 Å². The highest BCUT2D eigenvalue weighted by Gasteiger charge is 2.32. The molecule has 1 N–H and O–H groups in total. The molecule has 0 saturated carbocycles. The molecule has 3 aromatic rings. The van der Waals surface area contributed by atoms with Crippen molar-refractivity contribution in [3.63, 3.8) is 0 Å². The van der Waals surface area contributed by atoms with Crippen molar-refractivity contribution in [3.8, 4) is 0 Å². The van der Waals surface area contributed by atoms with Crippen molar-refractivity contribution in [2.75, 3.05) is 17.4 Å². The topological polar surface area (TPSA) is 86.8 Å². The molecule has 0 spiro atoms. The molecule has 3 rings (SSSR count). The third kappa shape index (κ3) is 7.64. The molecular formula is C28H31BrFN3O4S. The van der Waals surface area contributed by atoms with E-state index in [-0.39, 0.29) is 29.0 Å². The zero-order valence-electron chi connectivity index (χ0n) is 21.5. The fourth-order valence-electron chi connectivity index (χ4n) is 3.72. The predicted molar refractivity (Wildman–Crippen MR) is 149 cm³/mol. The van der Waals surface area contributed by atoms with E-state index in [9.17, 15) is 22.4 Å². The van der Waals surface area contributed by atoms with Gasteiger partial charge < -0.3 is 10.2 Å². The van der Waals surface area contributed by atoms with Gasteiger partial charge in [0.25, 0.3) is 10.0 Å². The van der Waals surface area contributed by atoms with E-state index in [1.807, 2.05) is 38.1 Å². The largest absolute Gasteiger partial charge is 0.354 e. The highest BCUT2D eigenvalue weighted by molar-refractivity contribution is 9.10. The Bertz CT molecular complexity index is 1350. The molecule has 10 heteroatoms. The lowest BCUT2D eigenvalue weighted by Gasteiger charge is -2.32. The number of hydrogen-bond acceptors (Lipinski definition) is 4. The molecule has 202 valence electrons. The van der Waals surface area contributed by atoms with E-state index >= 15 is 0 Å². The quantitative estimate of drug-likeness (QED) is 0.335. The van der Waals surface area contributed by atoms with Crippen molar-refractivity contribution in [1.29, 1.82) is 0 Å². The smallest absolute Gasteiger partial charge is 0.264 e. The number of amides is 2. The number of hydrogen-bond donors (Lipinski definition) is 1. The van der Waals surface area contributed by atoms with Crippen molar-refractivity contribution in [1.82, 2.24) is 10.2 Å². The van der Waals surface area contributed by atoms with Crippen LogP contribution >= 0.6 is 15.9 Å². The molecule has 3 aromatic carbocycles. The molecule has 1 atom stereocenters.